The normalized spacial score (nSPS) is 19.6. The fraction of sp³-hybridized carbons (Fsp3) is 0.632. The van der Waals surface area contributed by atoms with Crippen molar-refractivity contribution in [2.75, 3.05) is 33.4 Å². The second-order valence-corrected chi connectivity index (χ2v) is 6.40. The maximum absolute atomic E-state index is 12.5. The zero-order chi connectivity index (χ0) is 17.5. The average Bonchev–Trinajstić information content (AvgIpc) is 2.56. The molecule has 1 amide bonds. The van der Waals surface area contributed by atoms with Gasteiger partial charge in [-0.1, -0.05) is 6.07 Å². The first kappa shape index (κ1) is 18.6. The van der Waals surface area contributed by atoms with Gasteiger partial charge in [0.1, 0.15) is 0 Å². The van der Waals surface area contributed by atoms with E-state index in [1.165, 1.54) is 0 Å². The van der Waals surface area contributed by atoms with Gasteiger partial charge < -0.3 is 19.7 Å². The van der Waals surface area contributed by atoms with Crippen molar-refractivity contribution in [3.63, 3.8) is 0 Å². The van der Waals surface area contributed by atoms with Crippen molar-refractivity contribution in [1.29, 1.82) is 0 Å². The molecule has 0 bridgehead atoms. The molecule has 1 aromatic carbocycles. The molecular weight excluding hydrogens is 304 g/mol. The first-order valence-corrected chi connectivity index (χ1v) is 8.93. The van der Waals surface area contributed by atoms with Crippen LogP contribution in [0, 0.1) is 5.92 Å². The number of ether oxygens (including phenoxy) is 2. The lowest BCUT2D eigenvalue weighted by molar-refractivity contribution is -0.127. The van der Waals surface area contributed by atoms with Crippen LogP contribution in [0.5, 0.6) is 11.5 Å². The summed E-state index contributed by atoms with van der Waals surface area (Å²) >= 11 is 0. The average molecular weight is 334 g/mol. The number of nitrogens with one attached hydrogen (secondary N) is 1. The van der Waals surface area contributed by atoms with Crippen LogP contribution in [-0.4, -0.2) is 44.2 Å². The van der Waals surface area contributed by atoms with E-state index in [2.05, 4.69) is 17.3 Å². The molecule has 1 aliphatic rings. The fourth-order valence-electron chi connectivity index (χ4n) is 3.13. The summed E-state index contributed by atoms with van der Waals surface area (Å²) in [5, 5.41) is 3.15. The lowest BCUT2D eigenvalue weighted by Crippen LogP contribution is -2.42. The van der Waals surface area contributed by atoms with Crippen LogP contribution in [-0.2, 0) is 4.79 Å². The largest absolute Gasteiger partial charge is 0.490 e. The summed E-state index contributed by atoms with van der Waals surface area (Å²) in [6.07, 6.45) is 2.05. The van der Waals surface area contributed by atoms with E-state index in [0.717, 1.165) is 43.0 Å². The Morgan fingerprint density at radius 3 is 2.67 bits per heavy atom. The number of piperidine rings is 1. The molecule has 0 aliphatic carbocycles. The van der Waals surface area contributed by atoms with Gasteiger partial charge in [-0.3, -0.25) is 4.79 Å². The first-order valence-electron chi connectivity index (χ1n) is 8.93. The predicted molar refractivity (Wildman–Crippen MR) is 95.6 cm³/mol. The fourth-order valence-corrected chi connectivity index (χ4v) is 3.13. The minimum atomic E-state index is -0.0559. The topological polar surface area (TPSA) is 50.8 Å². The van der Waals surface area contributed by atoms with Gasteiger partial charge in [0.05, 0.1) is 25.2 Å². The third kappa shape index (κ3) is 4.87. The minimum Gasteiger partial charge on any atom is -0.490 e. The molecular formula is C19H30N2O3. The molecule has 0 aromatic heterocycles. The lowest BCUT2D eigenvalue weighted by atomic mass is 9.97. The number of hydrogen-bond acceptors (Lipinski definition) is 4. The number of hydrogen-bond donors (Lipinski definition) is 1. The number of amides is 1. The molecule has 1 aromatic rings. The van der Waals surface area contributed by atoms with Gasteiger partial charge in [-0.25, -0.2) is 0 Å². The molecule has 134 valence electrons. The Bertz CT molecular complexity index is 547. The number of benzene rings is 1. The van der Waals surface area contributed by atoms with E-state index < -0.39 is 0 Å². The molecule has 1 heterocycles. The number of nitrogens with zero attached hydrogens (tertiary/aromatic N) is 1. The molecule has 0 unspecified atom stereocenters. The molecule has 2 rings (SSSR count). The Balaban J connectivity index is 2.04. The Kier molecular flexibility index (Phi) is 6.91. The summed E-state index contributed by atoms with van der Waals surface area (Å²) in [4.78, 5) is 14.7. The minimum absolute atomic E-state index is 0.0559. The Morgan fingerprint density at radius 1 is 1.29 bits per heavy atom. The highest BCUT2D eigenvalue weighted by Crippen LogP contribution is 2.31. The van der Waals surface area contributed by atoms with Crippen LogP contribution in [0.1, 0.15) is 45.2 Å². The zero-order valence-electron chi connectivity index (χ0n) is 15.3. The highest BCUT2D eigenvalue weighted by Gasteiger charge is 2.25. The van der Waals surface area contributed by atoms with Crippen molar-refractivity contribution in [3.05, 3.63) is 23.8 Å². The second kappa shape index (κ2) is 8.92. The molecule has 5 nitrogen and oxygen atoms in total. The van der Waals surface area contributed by atoms with Crippen LogP contribution < -0.4 is 14.8 Å². The van der Waals surface area contributed by atoms with Gasteiger partial charge in [0.2, 0.25) is 5.91 Å². The quantitative estimate of drug-likeness (QED) is 0.833. The van der Waals surface area contributed by atoms with Crippen molar-refractivity contribution in [3.8, 4) is 11.5 Å². The van der Waals surface area contributed by atoms with Gasteiger partial charge in [-0.05, 0) is 64.9 Å². The number of carbonyl (C=O) groups is 1. The Labute approximate surface area is 145 Å². The molecule has 5 heteroatoms. The van der Waals surface area contributed by atoms with Crippen molar-refractivity contribution in [2.45, 2.75) is 39.7 Å². The van der Waals surface area contributed by atoms with E-state index in [-0.39, 0.29) is 17.9 Å². The summed E-state index contributed by atoms with van der Waals surface area (Å²) in [6.45, 7) is 9.01. The number of likely N-dealkylation sites (tertiary alicyclic amines) is 1. The summed E-state index contributed by atoms with van der Waals surface area (Å²) in [7, 11) is 2.07. The van der Waals surface area contributed by atoms with E-state index in [1.807, 2.05) is 39.0 Å². The summed E-state index contributed by atoms with van der Waals surface area (Å²) < 4.78 is 11.3. The standard InChI is InChI=1S/C19H30N2O3/c1-5-23-17-10-9-15(12-18(17)24-6-2)14(3)20-19(22)16-8-7-11-21(4)13-16/h9-10,12,14,16H,5-8,11,13H2,1-4H3,(H,20,22)/t14-,16-/m0/s1. The zero-order valence-corrected chi connectivity index (χ0v) is 15.3. The van der Waals surface area contributed by atoms with Crippen LogP contribution >= 0.6 is 0 Å². The van der Waals surface area contributed by atoms with Crippen LogP contribution in [0.15, 0.2) is 18.2 Å². The predicted octanol–water partition coefficient (Wildman–Crippen LogP) is 3.00. The van der Waals surface area contributed by atoms with Crippen molar-refractivity contribution < 1.29 is 14.3 Å². The third-order valence-electron chi connectivity index (χ3n) is 4.42. The van der Waals surface area contributed by atoms with E-state index in [9.17, 15) is 4.79 Å². The second-order valence-electron chi connectivity index (χ2n) is 6.40. The number of rotatable bonds is 7. The summed E-state index contributed by atoms with van der Waals surface area (Å²) in [5.41, 5.74) is 1.03. The summed E-state index contributed by atoms with van der Waals surface area (Å²) in [6, 6.07) is 5.82. The molecule has 0 radical (unpaired) electrons. The van der Waals surface area contributed by atoms with Crippen LogP contribution in [0.25, 0.3) is 0 Å². The monoisotopic (exact) mass is 334 g/mol. The molecule has 24 heavy (non-hydrogen) atoms. The number of carbonyl (C=O) groups excluding carboxylic acids is 1. The molecule has 0 spiro atoms. The van der Waals surface area contributed by atoms with E-state index in [4.69, 9.17) is 9.47 Å². The molecule has 1 saturated heterocycles. The smallest absolute Gasteiger partial charge is 0.224 e. The summed E-state index contributed by atoms with van der Waals surface area (Å²) in [5.74, 6) is 1.70. The van der Waals surface area contributed by atoms with Gasteiger partial charge in [0.25, 0.3) is 0 Å². The van der Waals surface area contributed by atoms with Gasteiger partial charge >= 0.3 is 0 Å². The molecule has 2 atom stereocenters. The van der Waals surface area contributed by atoms with Gasteiger partial charge in [-0.2, -0.15) is 0 Å². The molecule has 1 N–H and O–H groups in total. The highest BCUT2D eigenvalue weighted by molar-refractivity contribution is 5.79. The first-order chi connectivity index (χ1) is 11.5. The van der Waals surface area contributed by atoms with Crippen LogP contribution in [0.3, 0.4) is 0 Å². The maximum Gasteiger partial charge on any atom is 0.224 e. The maximum atomic E-state index is 12.5. The SMILES string of the molecule is CCOc1ccc([C@H](C)NC(=O)[C@H]2CCCN(C)C2)cc1OCC. The van der Waals surface area contributed by atoms with Gasteiger partial charge in [-0.15, -0.1) is 0 Å². The highest BCUT2D eigenvalue weighted by atomic mass is 16.5. The van der Waals surface area contributed by atoms with E-state index in [0.29, 0.717) is 13.2 Å². The van der Waals surface area contributed by atoms with Crippen LogP contribution in [0.4, 0.5) is 0 Å². The molecule has 0 saturated carbocycles. The Hall–Kier alpha value is -1.75. The van der Waals surface area contributed by atoms with Crippen molar-refractivity contribution in [1.82, 2.24) is 10.2 Å². The lowest BCUT2D eigenvalue weighted by Gasteiger charge is -2.29. The molecule has 1 aliphatic heterocycles. The Morgan fingerprint density at radius 2 is 2.00 bits per heavy atom. The van der Waals surface area contributed by atoms with Gasteiger partial charge in [0.15, 0.2) is 11.5 Å². The third-order valence-corrected chi connectivity index (χ3v) is 4.42. The van der Waals surface area contributed by atoms with Crippen molar-refractivity contribution >= 4 is 5.91 Å². The van der Waals surface area contributed by atoms with E-state index >= 15 is 0 Å². The van der Waals surface area contributed by atoms with Crippen LogP contribution in [0.2, 0.25) is 0 Å². The van der Waals surface area contributed by atoms with Crippen molar-refractivity contribution in [2.24, 2.45) is 5.92 Å². The van der Waals surface area contributed by atoms with Gasteiger partial charge in [0, 0.05) is 6.54 Å². The molecule has 1 fully saturated rings. The van der Waals surface area contributed by atoms with E-state index in [1.54, 1.807) is 0 Å².